The minimum Gasteiger partial charge on any atom is -0.494 e. The van der Waals surface area contributed by atoms with Crippen molar-refractivity contribution in [2.24, 2.45) is 0 Å². The van der Waals surface area contributed by atoms with Crippen LogP contribution in [0.5, 0.6) is 5.75 Å². The van der Waals surface area contributed by atoms with Gasteiger partial charge >= 0.3 is 0 Å². The van der Waals surface area contributed by atoms with Gasteiger partial charge in [-0.1, -0.05) is 25.3 Å². The molecule has 1 saturated carbocycles. The molecule has 0 heterocycles. The molecule has 1 aliphatic rings. The summed E-state index contributed by atoms with van der Waals surface area (Å²) >= 11 is 0. The van der Waals surface area contributed by atoms with E-state index in [9.17, 15) is 4.39 Å². The van der Waals surface area contributed by atoms with E-state index in [2.05, 4.69) is 5.32 Å². The molecule has 1 unspecified atom stereocenters. The van der Waals surface area contributed by atoms with Crippen molar-refractivity contribution < 1.29 is 13.9 Å². The van der Waals surface area contributed by atoms with Crippen LogP contribution < -0.4 is 10.1 Å². The highest BCUT2D eigenvalue weighted by Gasteiger charge is 2.13. The Kier molecular flexibility index (Phi) is 7.13. The lowest BCUT2D eigenvalue weighted by atomic mass is 9.98. The van der Waals surface area contributed by atoms with Crippen molar-refractivity contribution in [2.75, 3.05) is 20.3 Å². The number of hydrogen-bond acceptors (Lipinski definition) is 3. The molecule has 1 atom stereocenters. The summed E-state index contributed by atoms with van der Waals surface area (Å²) in [6.07, 6.45) is 7.87. The second kappa shape index (κ2) is 9.11. The quantitative estimate of drug-likeness (QED) is 0.729. The van der Waals surface area contributed by atoms with Gasteiger partial charge in [0.2, 0.25) is 0 Å². The molecule has 4 heteroatoms. The number of nitrogens with one attached hydrogen (secondary N) is 1. The molecule has 0 aromatic heterocycles. The Morgan fingerprint density at radius 2 is 2.05 bits per heavy atom. The Labute approximate surface area is 133 Å². The molecule has 1 aliphatic carbocycles. The molecule has 0 saturated heterocycles. The van der Waals surface area contributed by atoms with Crippen LogP contribution in [0, 0.1) is 5.82 Å². The third-order valence-corrected chi connectivity index (χ3v) is 4.35. The smallest absolute Gasteiger partial charge is 0.165 e. The summed E-state index contributed by atoms with van der Waals surface area (Å²) in [5, 5.41) is 3.41. The summed E-state index contributed by atoms with van der Waals surface area (Å²) in [5.41, 5.74) is 0.937. The molecular weight excluding hydrogens is 281 g/mol. The fourth-order valence-electron chi connectivity index (χ4n) is 2.94. The van der Waals surface area contributed by atoms with E-state index in [1.165, 1.54) is 45.3 Å². The van der Waals surface area contributed by atoms with E-state index in [0.29, 0.717) is 6.10 Å². The molecule has 22 heavy (non-hydrogen) atoms. The van der Waals surface area contributed by atoms with E-state index in [1.54, 1.807) is 6.07 Å². The molecule has 0 bridgehead atoms. The van der Waals surface area contributed by atoms with Gasteiger partial charge in [0.25, 0.3) is 0 Å². The van der Waals surface area contributed by atoms with Gasteiger partial charge in [-0.2, -0.15) is 0 Å². The van der Waals surface area contributed by atoms with Gasteiger partial charge in [0, 0.05) is 12.6 Å². The maximum absolute atomic E-state index is 13.7. The van der Waals surface area contributed by atoms with Gasteiger partial charge < -0.3 is 14.8 Å². The number of benzene rings is 1. The first-order valence-electron chi connectivity index (χ1n) is 8.39. The molecule has 1 aromatic rings. The monoisotopic (exact) mass is 309 g/mol. The molecule has 1 N–H and O–H groups in total. The summed E-state index contributed by atoms with van der Waals surface area (Å²) in [5.74, 6) is -0.0221. The number of halogens is 1. The maximum Gasteiger partial charge on any atom is 0.165 e. The first kappa shape index (κ1) is 17.2. The predicted molar refractivity (Wildman–Crippen MR) is 86.8 cm³/mol. The predicted octanol–water partition coefficient (Wildman–Crippen LogP) is 4.22. The van der Waals surface area contributed by atoms with Crippen molar-refractivity contribution in [2.45, 2.75) is 57.6 Å². The Morgan fingerprint density at radius 1 is 1.27 bits per heavy atom. The SMILES string of the molecule is COc1ccc(C(C)NCCCOC2CCCCC2)cc1F. The van der Waals surface area contributed by atoms with Crippen LogP contribution in [0.2, 0.25) is 0 Å². The fraction of sp³-hybridized carbons (Fsp3) is 0.667. The van der Waals surface area contributed by atoms with Crippen molar-refractivity contribution in [3.63, 3.8) is 0 Å². The molecule has 0 radical (unpaired) electrons. The van der Waals surface area contributed by atoms with Crippen LogP contribution in [-0.2, 0) is 4.74 Å². The third-order valence-electron chi connectivity index (χ3n) is 4.35. The zero-order valence-electron chi connectivity index (χ0n) is 13.7. The van der Waals surface area contributed by atoms with Crippen LogP contribution in [0.3, 0.4) is 0 Å². The summed E-state index contributed by atoms with van der Waals surface area (Å²) < 4.78 is 24.5. The van der Waals surface area contributed by atoms with E-state index < -0.39 is 0 Å². The second-order valence-electron chi connectivity index (χ2n) is 6.05. The lowest BCUT2D eigenvalue weighted by Crippen LogP contribution is -2.23. The standard InChI is InChI=1S/C18H28FNO2/c1-14(15-9-10-18(21-2)17(19)13-15)20-11-6-12-22-16-7-4-3-5-8-16/h9-10,13-14,16,20H,3-8,11-12H2,1-2H3. The molecule has 3 nitrogen and oxygen atoms in total. The minimum atomic E-state index is -0.311. The molecular formula is C18H28FNO2. The third kappa shape index (κ3) is 5.25. The van der Waals surface area contributed by atoms with Gasteiger partial charge in [-0.15, -0.1) is 0 Å². The lowest BCUT2D eigenvalue weighted by molar-refractivity contribution is 0.0271. The van der Waals surface area contributed by atoms with E-state index >= 15 is 0 Å². The Balaban J connectivity index is 1.64. The van der Waals surface area contributed by atoms with Crippen LogP contribution in [0.4, 0.5) is 4.39 Å². The van der Waals surface area contributed by atoms with Gasteiger partial charge in [0.1, 0.15) is 0 Å². The topological polar surface area (TPSA) is 30.5 Å². The second-order valence-corrected chi connectivity index (χ2v) is 6.05. The van der Waals surface area contributed by atoms with Crippen LogP contribution in [0.15, 0.2) is 18.2 Å². The van der Waals surface area contributed by atoms with Gasteiger partial charge in [0.15, 0.2) is 11.6 Å². The van der Waals surface area contributed by atoms with Gasteiger partial charge in [-0.05, 0) is 50.4 Å². The normalized spacial score (nSPS) is 17.4. The highest BCUT2D eigenvalue weighted by Crippen LogP contribution is 2.22. The number of ether oxygens (including phenoxy) is 2. The highest BCUT2D eigenvalue weighted by atomic mass is 19.1. The molecule has 1 fully saturated rings. The van der Waals surface area contributed by atoms with Crippen LogP contribution in [-0.4, -0.2) is 26.4 Å². The Morgan fingerprint density at radius 3 is 2.73 bits per heavy atom. The van der Waals surface area contributed by atoms with Crippen LogP contribution in [0.1, 0.15) is 57.1 Å². The van der Waals surface area contributed by atoms with Crippen molar-refractivity contribution in [1.29, 1.82) is 0 Å². The molecule has 0 amide bonds. The average molecular weight is 309 g/mol. The first-order chi connectivity index (χ1) is 10.7. The lowest BCUT2D eigenvalue weighted by Gasteiger charge is -2.22. The summed E-state index contributed by atoms with van der Waals surface area (Å²) in [4.78, 5) is 0. The number of rotatable bonds is 8. The van der Waals surface area contributed by atoms with Crippen LogP contribution in [0.25, 0.3) is 0 Å². The van der Waals surface area contributed by atoms with E-state index in [0.717, 1.165) is 25.1 Å². The molecule has 2 rings (SSSR count). The van der Waals surface area contributed by atoms with Crippen molar-refractivity contribution >= 4 is 0 Å². The van der Waals surface area contributed by atoms with Gasteiger partial charge in [-0.3, -0.25) is 0 Å². The summed E-state index contributed by atoms with van der Waals surface area (Å²) in [7, 11) is 1.48. The zero-order chi connectivity index (χ0) is 15.8. The molecule has 124 valence electrons. The molecule has 1 aromatic carbocycles. The summed E-state index contributed by atoms with van der Waals surface area (Å²) in [6, 6.07) is 5.23. The van der Waals surface area contributed by atoms with Crippen LogP contribution >= 0.6 is 0 Å². The first-order valence-corrected chi connectivity index (χ1v) is 8.39. The van der Waals surface area contributed by atoms with E-state index in [1.807, 2.05) is 13.0 Å². The molecule has 0 aliphatic heterocycles. The van der Waals surface area contributed by atoms with Gasteiger partial charge in [0.05, 0.1) is 13.2 Å². The zero-order valence-corrected chi connectivity index (χ0v) is 13.7. The van der Waals surface area contributed by atoms with Crippen molar-refractivity contribution in [1.82, 2.24) is 5.32 Å². The Hall–Kier alpha value is -1.13. The van der Waals surface area contributed by atoms with Crippen molar-refractivity contribution in [3.8, 4) is 5.75 Å². The van der Waals surface area contributed by atoms with E-state index in [4.69, 9.17) is 9.47 Å². The number of methoxy groups -OCH3 is 1. The average Bonchev–Trinajstić information content (AvgIpc) is 2.55. The highest BCUT2D eigenvalue weighted by molar-refractivity contribution is 5.30. The van der Waals surface area contributed by atoms with E-state index in [-0.39, 0.29) is 17.6 Å². The van der Waals surface area contributed by atoms with Gasteiger partial charge in [-0.25, -0.2) is 4.39 Å². The molecule has 0 spiro atoms. The maximum atomic E-state index is 13.7. The van der Waals surface area contributed by atoms with Crippen molar-refractivity contribution in [3.05, 3.63) is 29.6 Å². The summed E-state index contributed by atoms with van der Waals surface area (Å²) in [6.45, 7) is 3.73. The Bertz CT molecular complexity index is 447. The minimum absolute atomic E-state index is 0.120. The largest absolute Gasteiger partial charge is 0.494 e. The number of hydrogen-bond donors (Lipinski definition) is 1. The fourth-order valence-corrected chi connectivity index (χ4v) is 2.94.